The van der Waals surface area contributed by atoms with Crippen molar-refractivity contribution in [3.05, 3.63) is 48.7 Å². The standard InChI is InChI=1S/C12H12N6/c13-10-8-17-12-11(15-5-6-18(10)12)16-7-9-3-1-2-4-14-9/h1-6,8H,7,13H2,(H,15,16). The van der Waals surface area contributed by atoms with Crippen LogP contribution in [-0.4, -0.2) is 19.4 Å². The average Bonchev–Trinajstić information content (AvgIpc) is 2.80. The highest BCUT2D eigenvalue weighted by atomic mass is 15.1. The predicted molar refractivity (Wildman–Crippen MR) is 69.0 cm³/mol. The van der Waals surface area contributed by atoms with Crippen LogP contribution in [0.5, 0.6) is 0 Å². The first-order valence-corrected chi connectivity index (χ1v) is 5.56. The number of nitrogens with zero attached hydrogens (tertiary/aromatic N) is 4. The number of nitrogen functional groups attached to an aromatic ring is 1. The lowest BCUT2D eigenvalue weighted by Crippen LogP contribution is -2.05. The molecule has 3 aromatic rings. The van der Waals surface area contributed by atoms with Gasteiger partial charge in [-0.05, 0) is 12.1 Å². The third kappa shape index (κ3) is 1.84. The Morgan fingerprint density at radius 3 is 2.94 bits per heavy atom. The molecule has 0 aliphatic carbocycles. The molecule has 3 rings (SSSR count). The summed E-state index contributed by atoms with van der Waals surface area (Å²) in [5.74, 6) is 1.29. The average molecular weight is 240 g/mol. The molecule has 3 N–H and O–H groups in total. The number of pyridine rings is 1. The number of anilines is 2. The predicted octanol–water partition coefficient (Wildman–Crippen LogP) is 1.32. The Bertz CT molecular complexity index is 661. The summed E-state index contributed by atoms with van der Waals surface area (Å²) in [6.07, 6.45) is 6.84. The summed E-state index contributed by atoms with van der Waals surface area (Å²) in [7, 11) is 0. The van der Waals surface area contributed by atoms with Gasteiger partial charge in [-0.2, -0.15) is 0 Å². The summed E-state index contributed by atoms with van der Waals surface area (Å²) in [4.78, 5) is 12.7. The van der Waals surface area contributed by atoms with Crippen molar-refractivity contribution < 1.29 is 0 Å². The number of hydrogen-bond acceptors (Lipinski definition) is 5. The molecule has 3 heterocycles. The highest BCUT2D eigenvalue weighted by Crippen LogP contribution is 2.15. The van der Waals surface area contributed by atoms with E-state index in [0.717, 1.165) is 5.69 Å². The topological polar surface area (TPSA) is 81.1 Å². The van der Waals surface area contributed by atoms with E-state index in [-0.39, 0.29) is 0 Å². The van der Waals surface area contributed by atoms with Gasteiger partial charge in [0.05, 0.1) is 18.4 Å². The SMILES string of the molecule is Nc1cnc2c(NCc3ccccn3)nccn12. The van der Waals surface area contributed by atoms with E-state index in [1.807, 2.05) is 18.2 Å². The highest BCUT2D eigenvalue weighted by molar-refractivity contribution is 5.65. The molecule has 0 amide bonds. The fourth-order valence-electron chi connectivity index (χ4n) is 1.74. The number of hydrogen-bond donors (Lipinski definition) is 2. The molecular formula is C12H12N6. The first-order chi connectivity index (χ1) is 8.84. The molecule has 3 aromatic heterocycles. The lowest BCUT2D eigenvalue weighted by Gasteiger charge is -2.06. The molecule has 0 atom stereocenters. The minimum Gasteiger partial charge on any atom is -0.383 e. The molecule has 0 bridgehead atoms. The molecule has 0 fully saturated rings. The Hall–Kier alpha value is -2.63. The maximum atomic E-state index is 5.78. The zero-order chi connectivity index (χ0) is 12.4. The van der Waals surface area contributed by atoms with Gasteiger partial charge in [0.25, 0.3) is 0 Å². The van der Waals surface area contributed by atoms with E-state index >= 15 is 0 Å². The molecule has 0 radical (unpaired) electrons. The first-order valence-electron chi connectivity index (χ1n) is 5.56. The molecule has 0 spiro atoms. The number of rotatable bonds is 3. The molecule has 18 heavy (non-hydrogen) atoms. The Morgan fingerprint density at radius 1 is 1.17 bits per heavy atom. The lowest BCUT2D eigenvalue weighted by molar-refractivity contribution is 1.02. The molecule has 0 saturated heterocycles. The molecule has 0 aliphatic rings. The Kier molecular flexibility index (Phi) is 2.53. The van der Waals surface area contributed by atoms with Gasteiger partial charge < -0.3 is 11.1 Å². The van der Waals surface area contributed by atoms with Gasteiger partial charge >= 0.3 is 0 Å². The highest BCUT2D eigenvalue weighted by Gasteiger charge is 2.06. The van der Waals surface area contributed by atoms with E-state index < -0.39 is 0 Å². The normalized spacial score (nSPS) is 10.7. The van der Waals surface area contributed by atoms with Crippen molar-refractivity contribution >= 4 is 17.3 Å². The van der Waals surface area contributed by atoms with Crippen LogP contribution >= 0.6 is 0 Å². The van der Waals surface area contributed by atoms with Gasteiger partial charge in [-0.1, -0.05) is 6.07 Å². The quantitative estimate of drug-likeness (QED) is 0.721. The molecule has 0 saturated carbocycles. The van der Waals surface area contributed by atoms with Crippen molar-refractivity contribution in [2.45, 2.75) is 6.54 Å². The number of nitrogens with one attached hydrogen (secondary N) is 1. The van der Waals surface area contributed by atoms with Crippen molar-refractivity contribution in [1.82, 2.24) is 19.4 Å². The van der Waals surface area contributed by atoms with Gasteiger partial charge in [0, 0.05) is 18.6 Å². The van der Waals surface area contributed by atoms with Crippen LogP contribution in [0, 0.1) is 0 Å². The van der Waals surface area contributed by atoms with Crippen LogP contribution in [0.4, 0.5) is 11.6 Å². The van der Waals surface area contributed by atoms with Crippen LogP contribution < -0.4 is 11.1 Å². The van der Waals surface area contributed by atoms with Crippen LogP contribution in [0.15, 0.2) is 43.0 Å². The molecular weight excluding hydrogens is 228 g/mol. The zero-order valence-corrected chi connectivity index (χ0v) is 9.61. The van der Waals surface area contributed by atoms with E-state index in [4.69, 9.17) is 5.73 Å². The van der Waals surface area contributed by atoms with Crippen molar-refractivity contribution in [2.24, 2.45) is 0 Å². The first kappa shape index (κ1) is 10.5. The fraction of sp³-hybridized carbons (Fsp3) is 0.0833. The Labute approximate surface area is 104 Å². The summed E-state index contributed by atoms with van der Waals surface area (Å²) < 4.78 is 1.79. The summed E-state index contributed by atoms with van der Waals surface area (Å²) in [5.41, 5.74) is 7.44. The lowest BCUT2D eigenvalue weighted by atomic mass is 10.3. The van der Waals surface area contributed by atoms with E-state index in [1.165, 1.54) is 0 Å². The van der Waals surface area contributed by atoms with Crippen molar-refractivity contribution in [1.29, 1.82) is 0 Å². The van der Waals surface area contributed by atoms with Gasteiger partial charge in [-0.15, -0.1) is 0 Å². The summed E-state index contributed by atoms with van der Waals surface area (Å²) in [6.45, 7) is 0.597. The summed E-state index contributed by atoms with van der Waals surface area (Å²) in [5, 5.41) is 3.20. The Morgan fingerprint density at radius 2 is 2.11 bits per heavy atom. The number of fused-ring (bicyclic) bond motifs is 1. The van der Waals surface area contributed by atoms with Crippen LogP contribution in [0.1, 0.15) is 5.69 Å². The third-order valence-corrected chi connectivity index (χ3v) is 2.62. The molecule has 90 valence electrons. The van der Waals surface area contributed by atoms with E-state index in [9.17, 15) is 0 Å². The van der Waals surface area contributed by atoms with Crippen LogP contribution in [-0.2, 0) is 6.54 Å². The second-order valence-corrected chi connectivity index (χ2v) is 3.83. The molecule has 6 nitrogen and oxygen atoms in total. The van der Waals surface area contributed by atoms with Gasteiger partial charge in [0.1, 0.15) is 5.82 Å². The maximum Gasteiger partial charge on any atom is 0.181 e. The Balaban J connectivity index is 1.87. The third-order valence-electron chi connectivity index (χ3n) is 2.62. The van der Waals surface area contributed by atoms with Crippen LogP contribution in [0.3, 0.4) is 0 Å². The summed E-state index contributed by atoms with van der Waals surface area (Å²) >= 11 is 0. The smallest absolute Gasteiger partial charge is 0.181 e. The van der Waals surface area contributed by atoms with Crippen molar-refractivity contribution in [3.63, 3.8) is 0 Å². The van der Waals surface area contributed by atoms with Crippen LogP contribution in [0.2, 0.25) is 0 Å². The van der Waals surface area contributed by atoms with E-state index in [1.54, 1.807) is 29.2 Å². The van der Waals surface area contributed by atoms with Crippen molar-refractivity contribution in [3.8, 4) is 0 Å². The molecule has 0 unspecified atom stereocenters. The van der Waals surface area contributed by atoms with E-state index in [2.05, 4.69) is 20.3 Å². The summed E-state index contributed by atoms with van der Waals surface area (Å²) in [6, 6.07) is 5.79. The number of nitrogens with two attached hydrogens (primary N) is 1. The minimum atomic E-state index is 0.591. The number of aromatic nitrogens is 4. The van der Waals surface area contributed by atoms with Crippen LogP contribution in [0.25, 0.3) is 5.65 Å². The number of imidazole rings is 1. The second-order valence-electron chi connectivity index (χ2n) is 3.83. The maximum absolute atomic E-state index is 5.78. The molecule has 0 aliphatic heterocycles. The second kappa shape index (κ2) is 4.33. The van der Waals surface area contributed by atoms with Gasteiger partial charge in [0.2, 0.25) is 0 Å². The van der Waals surface area contributed by atoms with E-state index in [0.29, 0.717) is 23.8 Å². The van der Waals surface area contributed by atoms with Gasteiger partial charge in [0.15, 0.2) is 11.5 Å². The molecule has 6 heteroatoms. The largest absolute Gasteiger partial charge is 0.383 e. The van der Waals surface area contributed by atoms with Crippen molar-refractivity contribution in [2.75, 3.05) is 11.1 Å². The monoisotopic (exact) mass is 240 g/mol. The fourth-order valence-corrected chi connectivity index (χ4v) is 1.74. The minimum absolute atomic E-state index is 0.591. The van der Waals surface area contributed by atoms with Gasteiger partial charge in [-0.3, -0.25) is 9.38 Å². The van der Waals surface area contributed by atoms with Gasteiger partial charge in [-0.25, -0.2) is 9.97 Å². The molecule has 0 aromatic carbocycles. The zero-order valence-electron chi connectivity index (χ0n) is 9.61.